The molecule has 28 heavy (non-hydrogen) atoms. The van der Waals surface area contributed by atoms with Crippen molar-refractivity contribution in [2.24, 2.45) is 4.99 Å². The molecule has 2 heterocycles. The third-order valence-corrected chi connectivity index (χ3v) is 5.12. The number of rotatable bonds is 4. The van der Waals surface area contributed by atoms with E-state index in [1.807, 2.05) is 42.5 Å². The first-order valence-electron chi connectivity index (χ1n) is 8.68. The van der Waals surface area contributed by atoms with Gasteiger partial charge >= 0.3 is 0 Å². The van der Waals surface area contributed by atoms with Gasteiger partial charge in [0.1, 0.15) is 11.5 Å². The highest BCUT2D eigenvalue weighted by atomic mass is 32.2. The molecule has 0 spiro atoms. The number of hydrogen-bond donors (Lipinski definition) is 0. The van der Waals surface area contributed by atoms with E-state index in [1.54, 1.807) is 30.6 Å². The number of halogens is 1. The molecule has 0 aliphatic carbocycles. The molecule has 1 amide bonds. The maximum Gasteiger partial charge on any atom is 0.283 e. The third-order valence-electron chi connectivity index (χ3n) is 4.11. The van der Waals surface area contributed by atoms with Gasteiger partial charge in [-0.15, -0.1) is 0 Å². The van der Waals surface area contributed by atoms with Crippen LogP contribution in [0.4, 0.5) is 10.1 Å². The highest BCUT2D eigenvalue weighted by Crippen LogP contribution is 2.30. The summed E-state index contributed by atoms with van der Waals surface area (Å²) in [4.78, 5) is 23.2. The van der Waals surface area contributed by atoms with Gasteiger partial charge in [-0.3, -0.25) is 14.7 Å². The van der Waals surface area contributed by atoms with Gasteiger partial charge in [0, 0.05) is 18.1 Å². The van der Waals surface area contributed by atoms with Crippen molar-refractivity contribution in [3.63, 3.8) is 0 Å². The molecule has 4 nitrogen and oxygen atoms in total. The minimum absolute atomic E-state index is 0.232. The highest BCUT2D eigenvalue weighted by Gasteiger charge is 2.32. The lowest BCUT2D eigenvalue weighted by molar-refractivity contribution is -0.113. The molecule has 6 heteroatoms. The van der Waals surface area contributed by atoms with Crippen molar-refractivity contribution in [1.29, 1.82) is 0 Å². The normalized spacial score (nSPS) is 15.2. The summed E-state index contributed by atoms with van der Waals surface area (Å²) in [6, 6.07) is 19.2. The van der Waals surface area contributed by atoms with Crippen molar-refractivity contribution in [1.82, 2.24) is 4.98 Å². The number of thioether (sulfide) groups is 1. The zero-order valence-electron chi connectivity index (χ0n) is 14.8. The quantitative estimate of drug-likeness (QED) is 0.597. The van der Waals surface area contributed by atoms with Gasteiger partial charge in [-0.25, -0.2) is 9.38 Å². The second kappa shape index (κ2) is 8.19. The van der Waals surface area contributed by atoms with Crippen LogP contribution in [0.25, 0.3) is 6.08 Å². The molecule has 1 aromatic heterocycles. The molecule has 0 radical (unpaired) electrons. The Bertz CT molecular complexity index is 1030. The van der Waals surface area contributed by atoms with Gasteiger partial charge in [0.05, 0.1) is 5.69 Å². The van der Waals surface area contributed by atoms with Crippen LogP contribution >= 0.6 is 11.8 Å². The van der Waals surface area contributed by atoms with E-state index >= 15 is 0 Å². The van der Waals surface area contributed by atoms with Crippen molar-refractivity contribution in [2.75, 3.05) is 4.90 Å². The van der Waals surface area contributed by atoms with Crippen LogP contribution in [0, 0.1) is 5.82 Å². The number of anilines is 1. The van der Waals surface area contributed by atoms with Crippen LogP contribution in [0.3, 0.4) is 0 Å². The first kappa shape index (κ1) is 18.1. The van der Waals surface area contributed by atoms with Gasteiger partial charge in [-0.2, -0.15) is 0 Å². The van der Waals surface area contributed by atoms with Gasteiger partial charge in [-0.05, 0) is 47.5 Å². The summed E-state index contributed by atoms with van der Waals surface area (Å²) in [6.45, 7) is 0. The number of aliphatic imine (C=N–C) groups is 1. The number of benzene rings is 2. The zero-order chi connectivity index (χ0) is 19.3. The van der Waals surface area contributed by atoms with Gasteiger partial charge in [0.25, 0.3) is 5.91 Å². The minimum atomic E-state index is -0.350. The third kappa shape index (κ3) is 4.02. The summed E-state index contributed by atoms with van der Waals surface area (Å²) in [5.74, 6) is 0.0390. The lowest BCUT2D eigenvalue weighted by atomic mass is 10.2. The Morgan fingerprint density at radius 2 is 1.79 bits per heavy atom. The van der Waals surface area contributed by atoms with Crippen LogP contribution in [-0.2, 0) is 10.5 Å². The number of carbonyl (C=O) groups is 1. The molecule has 4 rings (SSSR count). The van der Waals surface area contributed by atoms with Gasteiger partial charge in [0.2, 0.25) is 0 Å². The van der Waals surface area contributed by atoms with Crippen molar-refractivity contribution >= 4 is 34.6 Å². The van der Waals surface area contributed by atoms with Crippen LogP contribution in [-0.4, -0.2) is 16.1 Å². The Hall–Kier alpha value is -3.25. The van der Waals surface area contributed by atoms with E-state index in [0.29, 0.717) is 22.3 Å². The number of pyridine rings is 1. The number of hydrogen-bond acceptors (Lipinski definition) is 4. The number of amides is 1. The molecule has 0 saturated carbocycles. The predicted octanol–water partition coefficient (Wildman–Crippen LogP) is 4.90. The first-order chi connectivity index (χ1) is 13.7. The van der Waals surface area contributed by atoms with E-state index in [9.17, 15) is 9.18 Å². The Labute approximate surface area is 166 Å². The molecule has 0 unspecified atom stereocenters. The monoisotopic (exact) mass is 389 g/mol. The summed E-state index contributed by atoms with van der Waals surface area (Å²) in [5.41, 5.74) is 2.86. The Morgan fingerprint density at radius 1 is 1.00 bits per heavy atom. The van der Waals surface area contributed by atoms with Gasteiger partial charge < -0.3 is 0 Å². The Balaban J connectivity index is 1.66. The summed E-state index contributed by atoms with van der Waals surface area (Å²) in [6.07, 6.45) is 5.26. The van der Waals surface area contributed by atoms with Gasteiger partial charge in [0.15, 0.2) is 5.17 Å². The number of nitrogens with zero attached hydrogens (tertiary/aromatic N) is 3. The SMILES string of the molecule is O=C1C(=Cc2ccccc2)N=C(SCc2cccnc2)N1c1ccc(F)cc1. The van der Waals surface area contributed by atoms with E-state index < -0.39 is 0 Å². The molecular formula is C22H16FN3OS. The van der Waals surface area contributed by atoms with Gasteiger partial charge in [-0.1, -0.05) is 48.2 Å². The summed E-state index contributed by atoms with van der Waals surface area (Å²) in [7, 11) is 0. The Kier molecular flexibility index (Phi) is 5.30. The molecule has 0 saturated heterocycles. The summed E-state index contributed by atoms with van der Waals surface area (Å²) in [5, 5.41) is 0.558. The molecule has 2 aromatic carbocycles. The average Bonchev–Trinajstić information content (AvgIpc) is 3.04. The lowest BCUT2D eigenvalue weighted by Crippen LogP contribution is -2.30. The topological polar surface area (TPSA) is 45.6 Å². The molecule has 0 fully saturated rings. The minimum Gasteiger partial charge on any atom is -0.266 e. The average molecular weight is 389 g/mol. The second-order valence-corrected chi connectivity index (χ2v) is 7.04. The van der Waals surface area contributed by atoms with Crippen LogP contribution in [0.5, 0.6) is 0 Å². The maximum absolute atomic E-state index is 13.3. The molecular weight excluding hydrogens is 373 g/mol. The van der Waals surface area contributed by atoms with Crippen LogP contribution in [0.1, 0.15) is 11.1 Å². The number of amidine groups is 1. The van der Waals surface area contributed by atoms with Crippen molar-refractivity contribution in [3.8, 4) is 0 Å². The molecule has 138 valence electrons. The fourth-order valence-corrected chi connectivity index (χ4v) is 3.70. The Morgan fingerprint density at radius 3 is 2.50 bits per heavy atom. The molecule has 0 atom stereocenters. The van der Waals surface area contributed by atoms with E-state index in [1.165, 1.54) is 28.8 Å². The lowest BCUT2D eigenvalue weighted by Gasteiger charge is -2.17. The molecule has 1 aliphatic heterocycles. The van der Waals surface area contributed by atoms with Crippen LogP contribution in [0.15, 0.2) is 89.8 Å². The first-order valence-corrected chi connectivity index (χ1v) is 9.66. The van der Waals surface area contributed by atoms with Crippen molar-refractivity contribution in [3.05, 3.63) is 102 Å². The molecule has 1 aliphatic rings. The largest absolute Gasteiger partial charge is 0.283 e. The van der Waals surface area contributed by atoms with Crippen LogP contribution in [0.2, 0.25) is 0 Å². The zero-order valence-corrected chi connectivity index (χ0v) is 15.6. The van der Waals surface area contributed by atoms with E-state index in [0.717, 1.165) is 11.1 Å². The molecule has 0 N–H and O–H groups in total. The standard InChI is InChI=1S/C22H16FN3OS/c23-18-8-10-19(11-9-18)26-21(27)20(13-16-5-2-1-3-6-16)25-22(26)28-15-17-7-4-12-24-14-17/h1-14H,15H2. The van der Waals surface area contributed by atoms with Crippen molar-refractivity contribution < 1.29 is 9.18 Å². The molecule has 3 aromatic rings. The summed E-state index contributed by atoms with van der Waals surface area (Å²) >= 11 is 1.44. The number of carbonyl (C=O) groups excluding carboxylic acids is 1. The summed E-state index contributed by atoms with van der Waals surface area (Å²) < 4.78 is 13.3. The van der Waals surface area contributed by atoms with Crippen molar-refractivity contribution in [2.45, 2.75) is 5.75 Å². The van der Waals surface area contributed by atoms with Crippen LogP contribution < -0.4 is 4.90 Å². The predicted molar refractivity (Wildman–Crippen MR) is 111 cm³/mol. The van der Waals surface area contributed by atoms with E-state index in [-0.39, 0.29) is 11.7 Å². The van der Waals surface area contributed by atoms with E-state index in [4.69, 9.17) is 0 Å². The fourth-order valence-electron chi connectivity index (χ4n) is 2.75. The smallest absolute Gasteiger partial charge is 0.266 e. The highest BCUT2D eigenvalue weighted by molar-refractivity contribution is 8.13. The number of aromatic nitrogens is 1. The fraction of sp³-hybridized carbons (Fsp3) is 0.0455. The van der Waals surface area contributed by atoms with E-state index in [2.05, 4.69) is 9.98 Å². The second-order valence-electron chi connectivity index (χ2n) is 6.10. The molecule has 0 bridgehead atoms. The maximum atomic E-state index is 13.3.